The van der Waals surface area contributed by atoms with Crippen LogP contribution >= 0.6 is 11.6 Å². The van der Waals surface area contributed by atoms with Crippen molar-refractivity contribution in [1.82, 2.24) is 14.6 Å². The van der Waals surface area contributed by atoms with Crippen LogP contribution in [0, 0.1) is 12.3 Å². The summed E-state index contributed by atoms with van der Waals surface area (Å²) in [5.74, 6) is 0. The maximum absolute atomic E-state index is 10.6. The van der Waals surface area contributed by atoms with Gasteiger partial charge in [-0.1, -0.05) is 37.6 Å². The smallest absolute Gasteiger partial charge is 0.163 e. The molecule has 1 aliphatic rings. The number of aromatic nitrogens is 3. The fraction of sp³-hybridized carbons (Fsp3) is 0.368. The number of hydrogen-bond acceptors (Lipinski definition) is 3. The maximum atomic E-state index is 10.6. The Balaban J connectivity index is 1.96. The number of fused-ring (bicyclic) bond motifs is 3. The molecular formula is C19H20ClN3O. The van der Waals surface area contributed by atoms with E-state index >= 15 is 0 Å². The molecule has 0 amide bonds. The Morgan fingerprint density at radius 1 is 1.25 bits per heavy atom. The van der Waals surface area contributed by atoms with E-state index < -0.39 is 6.10 Å². The van der Waals surface area contributed by atoms with Gasteiger partial charge in [0.05, 0.1) is 18.0 Å². The van der Waals surface area contributed by atoms with Crippen LogP contribution in [-0.2, 0) is 6.42 Å². The van der Waals surface area contributed by atoms with Gasteiger partial charge in [-0.25, -0.2) is 9.50 Å². The van der Waals surface area contributed by atoms with Gasteiger partial charge in [0.15, 0.2) is 5.65 Å². The number of aryl methyl sites for hydroxylation is 1. The Hall–Kier alpha value is -1.91. The van der Waals surface area contributed by atoms with Crippen LogP contribution in [0.1, 0.15) is 43.3 Å². The molecule has 0 unspecified atom stereocenters. The van der Waals surface area contributed by atoms with Crippen molar-refractivity contribution in [3.8, 4) is 11.1 Å². The molecule has 0 spiro atoms. The van der Waals surface area contributed by atoms with Crippen LogP contribution in [0.25, 0.3) is 16.8 Å². The van der Waals surface area contributed by atoms with E-state index in [-0.39, 0.29) is 5.41 Å². The molecule has 0 bridgehead atoms. The SMILES string of the molecule is Cc1nc2c(-c3ccc(Cl)cc3)cnn2c2c1[C@@H](O)CC(C)(C)C2. The first-order chi connectivity index (χ1) is 11.4. The normalized spacial score (nSPS) is 19.5. The molecule has 4 nitrogen and oxygen atoms in total. The average molecular weight is 342 g/mol. The van der Waals surface area contributed by atoms with Crippen LogP contribution in [0.15, 0.2) is 30.5 Å². The Labute approximate surface area is 146 Å². The summed E-state index contributed by atoms with van der Waals surface area (Å²) in [6.07, 6.45) is 2.99. The third-order valence-corrected chi connectivity index (χ3v) is 5.11. The Morgan fingerprint density at radius 3 is 2.67 bits per heavy atom. The summed E-state index contributed by atoms with van der Waals surface area (Å²) in [4.78, 5) is 4.75. The fourth-order valence-corrected chi connectivity index (χ4v) is 3.90. The zero-order valence-corrected chi connectivity index (χ0v) is 14.8. The first-order valence-electron chi connectivity index (χ1n) is 8.17. The van der Waals surface area contributed by atoms with E-state index in [2.05, 4.69) is 18.9 Å². The molecule has 5 heteroatoms. The third kappa shape index (κ3) is 2.41. The second-order valence-electron chi connectivity index (χ2n) is 7.42. The van der Waals surface area contributed by atoms with Gasteiger partial charge in [-0.2, -0.15) is 5.10 Å². The maximum Gasteiger partial charge on any atom is 0.163 e. The van der Waals surface area contributed by atoms with Crippen LogP contribution < -0.4 is 0 Å². The lowest BCUT2D eigenvalue weighted by Gasteiger charge is -2.35. The number of halogens is 1. The Kier molecular flexibility index (Phi) is 3.44. The van der Waals surface area contributed by atoms with Gasteiger partial charge in [0, 0.05) is 21.8 Å². The summed E-state index contributed by atoms with van der Waals surface area (Å²) in [5, 5.41) is 15.9. The highest BCUT2D eigenvalue weighted by molar-refractivity contribution is 6.30. The molecule has 1 atom stereocenters. The summed E-state index contributed by atoms with van der Waals surface area (Å²) >= 11 is 5.99. The van der Waals surface area contributed by atoms with Crippen molar-refractivity contribution in [2.75, 3.05) is 0 Å². The molecule has 1 aliphatic carbocycles. The van der Waals surface area contributed by atoms with Crippen molar-refractivity contribution in [2.24, 2.45) is 5.41 Å². The molecule has 124 valence electrons. The predicted molar refractivity (Wildman–Crippen MR) is 95.2 cm³/mol. The van der Waals surface area contributed by atoms with E-state index in [4.69, 9.17) is 16.6 Å². The average Bonchev–Trinajstić information content (AvgIpc) is 2.90. The van der Waals surface area contributed by atoms with E-state index in [1.54, 1.807) is 0 Å². The van der Waals surface area contributed by atoms with Crippen molar-refractivity contribution in [2.45, 2.75) is 39.7 Å². The second kappa shape index (κ2) is 5.30. The van der Waals surface area contributed by atoms with Crippen LogP contribution in [-0.4, -0.2) is 19.7 Å². The highest BCUT2D eigenvalue weighted by Crippen LogP contribution is 2.42. The lowest BCUT2D eigenvalue weighted by molar-refractivity contribution is 0.0962. The van der Waals surface area contributed by atoms with Crippen molar-refractivity contribution in [1.29, 1.82) is 0 Å². The van der Waals surface area contributed by atoms with Crippen LogP contribution in [0.3, 0.4) is 0 Å². The van der Waals surface area contributed by atoms with Crippen molar-refractivity contribution in [3.05, 3.63) is 52.4 Å². The number of aliphatic hydroxyl groups excluding tert-OH is 1. The third-order valence-electron chi connectivity index (χ3n) is 4.85. The Bertz CT molecular complexity index is 928. The number of aliphatic hydroxyl groups is 1. The molecule has 0 saturated carbocycles. The topological polar surface area (TPSA) is 50.4 Å². The van der Waals surface area contributed by atoms with Gasteiger partial charge >= 0.3 is 0 Å². The zero-order valence-electron chi connectivity index (χ0n) is 14.0. The van der Waals surface area contributed by atoms with E-state index in [1.165, 1.54) is 0 Å². The largest absolute Gasteiger partial charge is 0.388 e. The minimum absolute atomic E-state index is 0.0412. The van der Waals surface area contributed by atoms with Gasteiger partial charge in [0.2, 0.25) is 0 Å². The van der Waals surface area contributed by atoms with E-state index in [9.17, 15) is 5.11 Å². The molecule has 1 N–H and O–H groups in total. The Morgan fingerprint density at radius 2 is 1.96 bits per heavy atom. The second-order valence-corrected chi connectivity index (χ2v) is 7.86. The van der Waals surface area contributed by atoms with Crippen LogP contribution in [0.2, 0.25) is 5.02 Å². The van der Waals surface area contributed by atoms with Crippen molar-refractivity contribution >= 4 is 17.2 Å². The minimum Gasteiger partial charge on any atom is -0.388 e. The minimum atomic E-state index is -0.483. The molecule has 2 aromatic heterocycles. The van der Waals surface area contributed by atoms with Gasteiger partial charge in [-0.05, 0) is 42.9 Å². The first-order valence-corrected chi connectivity index (χ1v) is 8.55. The molecule has 0 aliphatic heterocycles. The monoisotopic (exact) mass is 341 g/mol. The summed E-state index contributed by atoms with van der Waals surface area (Å²) in [7, 11) is 0. The van der Waals surface area contributed by atoms with Gasteiger partial charge in [-0.15, -0.1) is 0 Å². The quantitative estimate of drug-likeness (QED) is 0.715. The summed E-state index contributed by atoms with van der Waals surface area (Å²) < 4.78 is 1.90. The predicted octanol–water partition coefficient (Wildman–Crippen LogP) is 4.36. The molecule has 4 rings (SSSR count). The fourth-order valence-electron chi connectivity index (χ4n) is 3.78. The molecule has 0 saturated heterocycles. The molecule has 1 aromatic carbocycles. The standard InChI is InChI=1S/C19H20ClN3O/c1-11-17-15(8-19(2,3)9-16(17)24)23-18(22-11)14(10-21-23)12-4-6-13(20)7-5-12/h4-7,10,16,24H,8-9H2,1-3H3/t16-/m0/s1. The number of hydrogen-bond donors (Lipinski definition) is 1. The lowest BCUT2D eigenvalue weighted by Crippen LogP contribution is -2.29. The van der Waals surface area contributed by atoms with Crippen molar-refractivity contribution in [3.63, 3.8) is 0 Å². The van der Waals surface area contributed by atoms with Gasteiger partial charge < -0.3 is 5.11 Å². The summed E-state index contributed by atoms with van der Waals surface area (Å²) in [5.41, 5.74) is 5.79. The zero-order chi connectivity index (χ0) is 17.1. The van der Waals surface area contributed by atoms with Crippen molar-refractivity contribution < 1.29 is 5.11 Å². The van der Waals surface area contributed by atoms with Gasteiger partial charge in [0.1, 0.15) is 0 Å². The molecular weight excluding hydrogens is 322 g/mol. The number of nitrogens with zero attached hydrogens (tertiary/aromatic N) is 3. The first kappa shape index (κ1) is 15.6. The summed E-state index contributed by atoms with van der Waals surface area (Å²) in [6, 6.07) is 7.71. The summed E-state index contributed by atoms with van der Waals surface area (Å²) in [6.45, 7) is 6.34. The highest BCUT2D eigenvalue weighted by Gasteiger charge is 2.35. The lowest BCUT2D eigenvalue weighted by atomic mass is 9.74. The number of benzene rings is 1. The van der Waals surface area contributed by atoms with E-state index in [0.717, 1.165) is 46.6 Å². The number of rotatable bonds is 1. The van der Waals surface area contributed by atoms with Crippen LogP contribution in [0.5, 0.6) is 0 Å². The van der Waals surface area contributed by atoms with Gasteiger partial charge in [0.25, 0.3) is 0 Å². The molecule has 2 heterocycles. The molecule has 24 heavy (non-hydrogen) atoms. The molecule has 0 radical (unpaired) electrons. The highest BCUT2D eigenvalue weighted by atomic mass is 35.5. The van der Waals surface area contributed by atoms with Crippen LogP contribution in [0.4, 0.5) is 0 Å². The van der Waals surface area contributed by atoms with Gasteiger partial charge in [-0.3, -0.25) is 0 Å². The molecule has 0 fully saturated rings. The van der Waals surface area contributed by atoms with E-state index in [0.29, 0.717) is 5.02 Å². The van der Waals surface area contributed by atoms with E-state index in [1.807, 2.05) is 41.9 Å². The molecule has 3 aromatic rings.